The van der Waals surface area contributed by atoms with Gasteiger partial charge in [-0.2, -0.15) is 5.48 Å². The van der Waals surface area contributed by atoms with Crippen molar-refractivity contribution >= 4 is 5.97 Å². The number of hydrogen-bond donors (Lipinski definition) is 1. The van der Waals surface area contributed by atoms with Crippen molar-refractivity contribution in [3.63, 3.8) is 0 Å². The highest BCUT2D eigenvalue weighted by molar-refractivity contribution is 5.79. The lowest BCUT2D eigenvalue weighted by molar-refractivity contribution is -0.167. The third kappa shape index (κ3) is 1.52. The molecule has 0 aromatic heterocycles. The van der Waals surface area contributed by atoms with Gasteiger partial charge in [-0.1, -0.05) is 0 Å². The van der Waals surface area contributed by atoms with Crippen molar-refractivity contribution in [2.24, 2.45) is 0 Å². The van der Waals surface area contributed by atoms with Gasteiger partial charge in [0.2, 0.25) is 0 Å². The monoisotopic (exact) mass is 159 g/mol. The Morgan fingerprint density at radius 2 is 2.45 bits per heavy atom. The summed E-state index contributed by atoms with van der Waals surface area (Å²) in [4.78, 5) is 16.2. The van der Waals surface area contributed by atoms with E-state index in [2.05, 4.69) is 10.2 Å². The number of hydrogen-bond acceptors (Lipinski definition) is 4. The van der Waals surface area contributed by atoms with Crippen molar-refractivity contribution in [1.82, 2.24) is 5.48 Å². The molecule has 2 atom stereocenters. The van der Waals surface area contributed by atoms with Gasteiger partial charge < -0.3 is 4.74 Å². The summed E-state index contributed by atoms with van der Waals surface area (Å²) in [7, 11) is 1.36. The van der Waals surface area contributed by atoms with E-state index in [1.54, 1.807) is 6.92 Å². The number of nitrogens with one attached hydrogen (secondary N) is 1. The molecule has 4 nitrogen and oxygen atoms in total. The van der Waals surface area contributed by atoms with E-state index in [0.29, 0.717) is 6.42 Å². The second kappa shape index (κ2) is 2.79. The molecule has 0 bridgehead atoms. The standard InChI is InChI=1S/C7H13NO3/c1-5-4-7(2,11-8-5)6(9)10-3/h5,8H,4H2,1-3H3/t5-,7+/m0/s1. The van der Waals surface area contributed by atoms with Crippen LogP contribution >= 0.6 is 0 Å². The summed E-state index contributed by atoms with van der Waals surface area (Å²) in [5.41, 5.74) is 1.93. The Balaban J connectivity index is 2.61. The molecule has 4 heteroatoms. The quantitative estimate of drug-likeness (QED) is 0.556. The molecule has 0 amide bonds. The molecule has 0 aliphatic carbocycles. The lowest BCUT2D eigenvalue weighted by Gasteiger charge is -2.17. The van der Waals surface area contributed by atoms with Crippen LogP contribution in [-0.2, 0) is 14.4 Å². The number of methoxy groups -OCH3 is 1. The van der Waals surface area contributed by atoms with Gasteiger partial charge in [-0.15, -0.1) is 0 Å². The van der Waals surface area contributed by atoms with Crippen LogP contribution < -0.4 is 5.48 Å². The lowest BCUT2D eigenvalue weighted by Crippen LogP contribution is -2.36. The predicted molar refractivity (Wildman–Crippen MR) is 38.7 cm³/mol. The third-order valence-corrected chi connectivity index (χ3v) is 1.80. The molecule has 0 saturated carbocycles. The number of hydroxylamine groups is 1. The third-order valence-electron chi connectivity index (χ3n) is 1.80. The Morgan fingerprint density at radius 3 is 2.82 bits per heavy atom. The van der Waals surface area contributed by atoms with Crippen molar-refractivity contribution in [2.75, 3.05) is 7.11 Å². The smallest absolute Gasteiger partial charge is 0.340 e. The number of ether oxygens (including phenoxy) is 1. The fourth-order valence-corrected chi connectivity index (χ4v) is 1.24. The molecule has 0 aromatic carbocycles. The van der Waals surface area contributed by atoms with Crippen molar-refractivity contribution in [3.05, 3.63) is 0 Å². The minimum atomic E-state index is -0.797. The van der Waals surface area contributed by atoms with Crippen molar-refractivity contribution in [2.45, 2.75) is 31.9 Å². The summed E-state index contributed by atoms with van der Waals surface area (Å²) in [5.74, 6) is -0.325. The summed E-state index contributed by atoms with van der Waals surface area (Å²) in [6, 6.07) is 0.207. The Bertz CT molecular complexity index is 171. The zero-order chi connectivity index (χ0) is 8.48. The minimum Gasteiger partial charge on any atom is -0.467 e. The van der Waals surface area contributed by atoms with E-state index < -0.39 is 5.60 Å². The first-order valence-corrected chi connectivity index (χ1v) is 3.60. The summed E-state index contributed by atoms with van der Waals surface area (Å²) in [6.45, 7) is 3.67. The summed E-state index contributed by atoms with van der Waals surface area (Å²) in [6.07, 6.45) is 0.652. The first kappa shape index (κ1) is 8.49. The van der Waals surface area contributed by atoms with Crippen LogP contribution in [0.1, 0.15) is 20.3 Å². The number of esters is 1. The number of carbonyl (C=O) groups excluding carboxylic acids is 1. The zero-order valence-electron chi connectivity index (χ0n) is 7.01. The summed E-state index contributed by atoms with van der Waals surface area (Å²) >= 11 is 0. The van der Waals surface area contributed by atoms with Gasteiger partial charge in [0, 0.05) is 12.5 Å². The van der Waals surface area contributed by atoms with Gasteiger partial charge >= 0.3 is 5.97 Å². The molecule has 1 fully saturated rings. The molecule has 1 aliphatic heterocycles. The number of carbonyl (C=O) groups is 1. The molecule has 0 radical (unpaired) electrons. The van der Waals surface area contributed by atoms with E-state index in [0.717, 1.165) is 0 Å². The van der Waals surface area contributed by atoms with Crippen LogP contribution in [0.25, 0.3) is 0 Å². The van der Waals surface area contributed by atoms with Crippen molar-refractivity contribution in [3.8, 4) is 0 Å². The molecule has 1 heterocycles. The van der Waals surface area contributed by atoms with Gasteiger partial charge in [-0.3, -0.25) is 4.84 Å². The zero-order valence-corrected chi connectivity index (χ0v) is 7.01. The molecule has 1 aliphatic rings. The molecular formula is C7H13NO3. The van der Waals surface area contributed by atoms with Crippen molar-refractivity contribution in [1.29, 1.82) is 0 Å². The highest BCUT2D eigenvalue weighted by atomic mass is 16.7. The Hall–Kier alpha value is -0.610. The molecule has 0 unspecified atom stereocenters. The first-order valence-electron chi connectivity index (χ1n) is 3.60. The lowest BCUT2D eigenvalue weighted by atomic mass is 10.0. The first-order chi connectivity index (χ1) is 5.08. The molecule has 1 rings (SSSR count). The highest BCUT2D eigenvalue weighted by Gasteiger charge is 2.42. The largest absolute Gasteiger partial charge is 0.467 e. The SMILES string of the molecule is COC(=O)[C@@]1(C)C[C@H](C)NO1. The summed E-state index contributed by atoms with van der Waals surface area (Å²) in [5, 5.41) is 0. The summed E-state index contributed by atoms with van der Waals surface area (Å²) < 4.78 is 4.58. The second-order valence-corrected chi connectivity index (χ2v) is 3.05. The maximum Gasteiger partial charge on any atom is 0.340 e. The van der Waals surface area contributed by atoms with Crippen LogP contribution in [-0.4, -0.2) is 24.7 Å². The Kier molecular flexibility index (Phi) is 2.15. The van der Waals surface area contributed by atoms with E-state index in [4.69, 9.17) is 4.84 Å². The van der Waals surface area contributed by atoms with Crippen LogP contribution in [0.3, 0.4) is 0 Å². The topological polar surface area (TPSA) is 47.6 Å². The van der Waals surface area contributed by atoms with Crippen LogP contribution in [0.4, 0.5) is 0 Å². The van der Waals surface area contributed by atoms with Gasteiger partial charge in [-0.05, 0) is 13.8 Å². The fourth-order valence-electron chi connectivity index (χ4n) is 1.24. The predicted octanol–water partition coefficient (Wildman–Crippen LogP) is 0.231. The number of rotatable bonds is 1. The fraction of sp³-hybridized carbons (Fsp3) is 0.857. The molecule has 0 aromatic rings. The molecule has 1 N–H and O–H groups in total. The van der Waals surface area contributed by atoms with Gasteiger partial charge in [0.05, 0.1) is 7.11 Å². The molecule has 0 spiro atoms. The normalized spacial score (nSPS) is 37.2. The molecule has 11 heavy (non-hydrogen) atoms. The second-order valence-electron chi connectivity index (χ2n) is 3.05. The Morgan fingerprint density at radius 1 is 1.82 bits per heavy atom. The minimum absolute atomic E-state index is 0.207. The van der Waals surface area contributed by atoms with Gasteiger partial charge in [0.1, 0.15) is 0 Å². The van der Waals surface area contributed by atoms with E-state index in [-0.39, 0.29) is 12.0 Å². The van der Waals surface area contributed by atoms with Gasteiger partial charge in [0.25, 0.3) is 0 Å². The van der Waals surface area contributed by atoms with Crippen molar-refractivity contribution < 1.29 is 14.4 Å². The van der Waals surface area contributed by atoms with E-state index >= 15 is 0 Å². The van der Waals surface area contributed by atoms with Crippen LogP contribution in [0, 0.1) is 0 Å². The van der Waals surface area contributed by atoms with Crippen LogP contribution in [0.2, 0.25) is 0 Å². The van der Waals surface area contributed by atoms with Gasteiger partial charge in [0.15, 0.2) is 5.60 Å². The maximum atomic E-state index is 11.1. The average Bonchev–Trinajstić information content (AvgIpc) is 2.31. The molecule has 1 saturated heterocycles. The maximum absolute atomic E-state index is 11.1. The Labute approximate surface area is 65.8 Å². The van der Waals surface area contributed by atoms with E-state index in [1.165, 1.54) is 7.11 Å². The van der Waals surface area contributed by atoms with Crippen LogP contribution in [0.15, 0.2) is 0 Å². The highest BCUT2D eigenvalue weighted by Crippen LogP contribution is 2.23. The van der Waals surface area contributed by atoms with Crippen LogP contribution in [0.5, 0.6) is 0 Å². The molecular weight excluding hydrogens is 146 g/mol. The van der Waals surface area contributed by atoms with Gasteiger partial charge in [-0.25, -0.2) is 4.79 Å². The molecule has 64 valence electrons. The van der Waals surface area contributed by atoms with E-state index in [9.17, 15) is 4.79 Å². The average molecular weight is 159 g/mol. The van der Waals surface area contributed by atoms with E-state index in [1.807, 2.05) is 6.92 Å².